The van der Waals surface area contributed by atoms with Gasteiger partial charge in [0.15, 0.2) is 0 Å². The number of amides is 4. The van der Waals surface area contributed by atoms with Gasteiger partial charge in [-0.1, -0.05) is 30.4 Å². The fourth-order valence-corrected chi connectivity index (χ4v) is 4.58. The highest BCUT2D eigenvalue weighted by molar-refractivity contribution is 5.96. The van der Waals surface area contributed by atoms with Crippen molar-refractivity contribution in [2.75, 3.05) is 5.32 Å². The summed E-state index contributed by atoms with van der Waals surface area (Å²) >= 11 is 0. The molecule has 2 unspecified atom stereocenters. The van der Waals surface area contributed by atoms with Crippen LogP contribution in [0.2, 0.25) is 0 Å². The first-order valence-electron chi connectivity index (χ1n) is 11.2. The van der Waals surface area contributed by atoms with Crippen molar-refractivity contribution >= 4 is 29.5 Å². The van der Waals surface area contributed by atoms with Gasteiger partial charge in [-0.05, 0) is 44.2 Å². The average Bonchev–Trinajstić information content (AvgIpc) is 3.11. The molecular weight excluding hydrogens is 428 g/mol. The molecule has 0 aliphatic carbocycles. The number of ether oxygens (including phenoxy) is 1. The quantitative estimate of drug-likeness (QED) is 0.395. The van der Waals surface area contributed by atoms with E-state index < -0.39 is 42.3 Å². The molecule has 2 saturated heterocycles. The summed E-state index contributed by atoms with van der Waals surface area (Å²) in [5, 5.41) is 17.9. The van der Waals surface area contributed by atoms with Crippen LogP contribution in [0, 0.1) is 0 Å². The van der Waals surface area contributed by atoms with Crippen molar-refractivity contribution in [2.45, 2.75) is 69.0 Å². The molecule has 176 valence electrons. The molecule has 33 heavy (non-hydrogen) atoms. The normalized spacial score (nSPS) is 30.3. The molecule has 3 aliphatic heterocycles. The second-order valence-electron chi connectivity index (χ2n) is 8.51. The molecule has 0 bridgehead atoms. The van der Waals surface area contributed by atoms with E-state index in [2.05, 4.69) is 16.0 Å². The Kier molecular flexibility index (Phi) is 6.93. The number of hydrogen-bond acceptors (Lipinski definition) is 6. The molecule has 0 saturated carbocycles. The number of para-hydroxylation sites is 1. The number of aliphatic hydroxyl groups excluding tert-OH is 1. The Morgan fingerprint density at radius 2 is 1.79 bits per heavy atom. The molecule has 0 aromatic heterocycles. The van der Waals surface area contributed by atoms with Gasteiger partial charge in [0.05, 0.1) is 6.42 Å². The summed E-state index contributed by atoms with van der Waals surface area (Å²) < 4.78 is 4.69. The van der Waals surface area contributed by atoms with Gasteiger partial charge in [-0.3, -0.25) is 14.4 Å². The summed E-state index contributed by atoms with van der Waals surface area (Å²) in [6, 6.07) is 5.79. The number of nitrogens with zero attached hydrogens (tertiary/aromatic N) is 1. The highest BCUT2D eigenvalue weighted by Crippen LogP contribution is 2.29. The molecule has 0 radical (unpaired) electrons. The lowest BCUT2D eigenvalue weighted by molar-refractivity contribution is -0.156. The zero-order valence-corrected chi connectivity index (χ0v) is 18.1. The van der Waals surface area contributed by atoms with Gasteiger partial charge in [-0.25, -0.2) is 4.79 Å². The number of fused-ring (bicyclic) bond motifs is 1. The number of esters is 1. The lowest BCUT2D eigenvalue weighted by atomic mass is 9.90. The van der Waals surface area contributed by atoms with E-state index in [1.807, 2.05) is 18.2 Å². The molecule has 10 nitrogen and oxygen atoms in total. The minimum atomic E-state index is -1.40. The molecule has 3 aliphatic rings. The molecule has 4 N–H and O–H groups in total. The van der Waals surface area contributed by atoms with Gasteiger partial charge in [-0.15, -0.1) is 0 Å². The molecule has 4 rings (SSSR count). The molecule has 5 atom stereocenters. The smallest absolute Gasteiger partial charge is 0.319 e. The third-order valence-electron chi connectivity index (χ3n) is 6.19. The summed E-state index contributed by atoms with van der Waals surface area (Å²) in [6.45, 7) is 0. The highest BCUT2D eigenvalue weighted by atomic mass is 16.6. The van der Waals surface area contributed by atoms with Crippen LogP contribution in [-0.4, -0.2) is 64.3 Å². The molecule has 3 heterocycles. The molecule has 1 aromatic rings. The van der Waals surface area contributed by atoms with E-state index in [9.17, 15) is 24.3 Å². The summed E-state index contributed by atoms with van der Waals surface area (Å²) in [4.78, 5) is 52.1. The predicted octanol–water partition coefficient (Wildman–Crippen LogP) is 1.03. The number of nitrogens with one attached hydrogen (secondary N) is 3. The Morgan fingerprint density at radius 1 is 1.03 bits per heavy atom. The van der Waals surface area contributed by atoms with Crippen LogP contribution in [0.4, 0.5) is 10.5 Å². The van der Waals surface area contributed by atoms with Crippen molar-refractivity contribution < 1.29 is 29.0 Å². The number of urea groups is 1. The number of aliphatic hydroxyl groups is 1. The first-order chi connectivity index (χ1) is 15.9. The topological polar surface area (TPSA) is 137 Å². The minimum absolute atomic E-state index is 0.121. The molecule has 10 heteroatoms. The maximum Gasteiger partial charge on any atom is 0.319 e. The van der Waals surface area contributed by atoms with Crippen LogP contribution in [0.3, 0.4) is 0 Å². The molecule has 2 fully saturated rings. The van der Waals surface area contributed by atoms with Gasteiger partial charge in [0.25, 0.3) is 0 Å². The Labute approximate surface area is 191 Å². The number of piperidine rings is 1. The van der Waals surface area contributed by atoms with Crippen molar-refractivity contribution in [3.63, 3.8) is 0 Å². The first-order valence-corrected chi connectivity index (χ1v) is 11.2. The van der Waals surface area contributed by atoms with Crippen molar-refractivity contribution in [1.82, 2.24) is 15.5 Å². The van der Waals surface area contributed by atoms with Gasteiger partial charge < -0.3 is 30.7 Å². The predicted molar refractivity (Wildman–Crippen MR) is 118 cm³/mol. The SMILES string of the molecule is O=C(Nc1ccccc1)N[C@H]1C/C=C\C[C@H]2CCC[C@@H](C(=O)NC3CC(=O)OC3O)N2C1=O. The van der Waals surface area contributed by atoms with E-state index >= 15 is 0 Å². The summed E-state index contributed by atoms with van der Waals surface area (Å²) in [6.07, 6.45) is 5.22. The maximum absolute atomic E-state index is 13.5. The first kappa shape index (κ1) is 22.8. The number of benzene rings is 1. The number of anilines is 1. The van der Waals surface area contributed by atoms with Crippen LogP contribution in [0.15, 0.2) is 42.5 Å². The molecular formula is C23H28N4O6. The van der Waals surface area contributed by atoms with Crippen LogP contribution in [0.1, 0.15) is 38.5 Å². The van der Waals surface area contributed by atoms with E-state index in [1.54, 1.807) is 29.2 Å². The zero-order valence-electron chi connectivity index (χ0n) is 18.1. The summed E-state index contributed by atoms with van der Waals surface area (Å²) in [5.74, 6) is -1.35. The van der Waals surface area contributed by atoms with E-state index in [0.717, 1.165) is 12.8 Å². The lowest BCUT2D eigenvalue weighted by Crippen LogP contribution is -2.62. The van der Waals surface area contributed by atoms with Gasteiger partial charge in [0.1, 0.15) is 18.1 Å². The second kappa shape index (κ2) is 10.0. The van der Waals surface area contributed by atoms with Crippen LogP contribution in [0.25, 0.3) is 0 Å². The van der Waals surface area contributed by atoms with Crippen LogP contribution in [0.5, 0.6) is 0 Å². The maximum atomic E-state index is 13.5. The second-order valence-corrected chi connectivity index (χ2v) is 8.51. The Bertz CT molecular complexity index is 936. The standard InChI is InChI=1S/C23H28N4O6/c28-19-13-17(22(31)33-19)25-20(29)18-12-6-10-15-9-4-5-11-16(21(30)27(15)18)26-23(32)24-14-7-2-1-3-8-14/h1-5,7-8,15-18,22,31H,6,9-13H2,(H,25,29)(H2,24,26,32)/b5-4-/t15-,16-,17?,18-,22?/m0/s1. The largest absolute Gasteiger partial charge is 0.434 e. The monoisotopic (exact) mass is 456 g/mol. The van der Waals surface area contributed by atoms with Gasteiger partial charge >= 0.3 is 12.0 Å². The Morgan fingerprint density at radius 3 is 2.52 bits per heavy atom. The number of carbonyl (C=O) groups is 4. The third kappa shape index (κ3) is 5.33. The van der Waals surface area contributed by atoms with E-state index in [1.165, 1.54) is 0 Å². The fourth-order valence-electron chi connectivity index (χ4n) is 4.58. The van der Waals surface area contributed by atoms with E-state index in [-0.39, 0.29) is 18.4 Å². The zero-order chi connectivity index (χ0) is 23.4. The lowest BCUT2D eigenvalue weighted by Gasteiger charge is -2.43. The average molecular weight is 456 g/mol. The molecule has 1 aromatic carbocycles. The van der Waals surface area contributed by atoms with Crippen LogP contribution in [-0.2, 0) is 19.1 Å². The third-order valence-corrected chi connectivity index (χ3v) is 6.19. The molecule has 0 spiro atoms. The van der Waals surface area contributed by atoms with Crippen LogP contribution < -0.4 is 16.0 Å². The summed E-state index contributed by atoms with van der Waals surface area (Å²) in [7, 11) is 0. The highest BCUT2D eigenvalue weighted by Gasteiger charge is 2.43. The number of cyclic esters (lactones) is 1. The number of carbonyl (C=O) groups excluding carboxylic acids is 4. The van der Waals surface area contributed by atoms with E-state index in [4.69, 9.17) is 4.74 Å². The van der Waals surface area contributed by atoms with Crippen molar-refractivity contribution in [2.24, 2.45) is 0 Å². The number of hydrogen-bond donors (Lipinski definition) is 4. The fraction of sp³-hybridized carbons (Fsp3) is 0.478. The minimum Gasteiger partial charge on any atom is -0.434 e. The van der Waals surface area contributed by atoms with Crippen molar-refractivity contribution in [3.05, 3.63) is 42.5 Å². The number of rotatable bonds is 4. The Balaban J connectivity index is 1.47. The van der Waals surface area contributed by atoms with Crippen molar-refractivity contribution in [3.8, 4) is 0 Å². The summed E-state index contributed by atoms with van der Waals surface area (Å²) in [5.41, 5.74) is 0.601. The molecule has 4 amide bonds. The van der Waals surface area contributed by atoms with Crippen molar-refractivity contribution in [1.29, 1.82) is 0 Å². The van der Waals surface area contributed by atoms with Gasteiger partial charge in [0, 0.05) is 11.7 Å². The van der Waals surface area contributed by atoms with Gasteiger partial charge in [0.2, 0.25) is 18.1 Å². The van der Waals surface area contributed by atoms with E-state index in [0.29, 0.717) is 24.9 Å². The Hall–Kier alpha value is -3.40. The van der Waals surface area contributed by atoms with Crippen LogP contribution >= 0.6 is 0 Å². The van der Waals surface area contributed by atoms with Gasteiger partial charge in [-0.2, -0.15) is 0 Å².